The van der Waals surface area contributed by atoms with Gasteiger partial charge in [-0.2, -0.15) is 0 Å². The van der Waals surface area contributed by atoms with Crippen molar-refractivity contribution in [1.82, 2.24) is 4.90 Å². The molecule has 0 unspecified atom stereocenters. The predicted octanol–water partition coefficient (Wildman–Crippen LogP) is 3.62. The number of non-ortho nitro benzene ring substituents is 1. The van der Waals surface area contributed by atoms with E-state index in [9.17, 15) is 14.9 Å². The molecule has 0 amide bonds. The van der Waals surface area contributed by atoms with Crippen LogP contribution in [0.4, 0.5) is 5.69 Å². The van der Waals surface area contributed by atoms with E-state index < -0.39 is 4.92 Å². The van der Waals surface area contributed by atoms with Crippen LogP contribution in [0.15, 0.2) is 39.8 Å². The fraction of sp³-hybridized carbons (Fsp3) is 0.500. The number of carbonyl (C=O) groups is 1. The van der Waals surface area contributed by atoms with Gasteiger partial charge in [-0.1, -0.05) is 25.6 Å². The van der Waals surface area contributed by atoms with Crippen LogP contribution in [0.5, 0.6) is 0 Å². The van der Waals surface area contributed by atoms with Gasteiger partial charge in [-0.3, -0.25) is 14.9 Å². The molecular formula is C18H22N2O4S. The van der Waals surface area contributed by atoms with Crippen LogP contribution in [0.25, 0.3) is 0 Å². The molecule has 6 nitrogen and oxygen atoms in total. The zero-order valence-corrected chi connectivity index (χ0v) is 15.3. The number of nitro groups is 1. The monoisotopic (exact) mass is 362 g/mol. The average molecular weight is 362 g/mol. The van der Waals surface area contributed by atoms with Crippen LogP contribution in [0, 0.1) is 15.5 Å². The van der Waals surface area contributed by atoms with Crippen LogP contribution in [0.2, 0.25) is 0 Å². The summed E-state index contributed by atoms with van der Waals surface area (Å²) in [6.45, 7) is 7.19. The van der Waals surface area contributed by atoms with E-state index in [0.29, 0.717) is 19.6 Å². The van der Waals surface area contributed by atoms with Crippen molar-refractivity contribution in [2.75, 3.05) is 26.3 Å². The van der Waals surface area contributed by atoms with E-state index in [1.807, 2.05) is 0 Å². The minimum absolute atomic E-state index is 0.0513. The van der Waals surface area contributed by atoms with Gasteiger partial charge in [0.2, 0.25) is 0 Å². The molecular weight excluding hydrogens is 340 g/mol. The number of benzene rings is 1. The van der Waals surface area contributed by atoms with Gasteiger partial charge in [-0.15, -0.1) is 0 Å². The van der Waals surface area contributed by atoms with Crippen molar-refractivity contribution >= 4 is 23.2 Å². The fourth-order valence-electron chi connectivity index (χ4n) is 3.23. The zero-order valence-electron chi connectivity index (χ0n) is 14.5. The lowest BCUT2D eigenvalue weighted by Crippen LogP contribution is -2.40. The van der Waals surface area contributed by atoms with Gasteiger partial charge >= 0.3 is 0 Å². The molecule has 1 saturated heterocycles. The van der Waals surface area contributed by atoms with Crippen molar-refractivity contribution in [3.8, 4) is 0 Å². The first-order valence-corrected chi connectivity index (χ1v) is 9.19. The molecule has 1 aromatic rings. The van der Waals surface area contributed by atoms with Crippen molar-refractivity contribution in [2.45, 2.75) is 31.6 Å². The van der Waals surface area contributed by atoms with Crippen molar-refractivity contribution in [1.29, 1.82) is 0 Å². The molecule has 0 radical (unpaired) electrons. The normalized spacial score (nSPS) is 20.7. The maximum Gasteiger partial charge on any atom is 0.269 e. The van der Waals surface area contributed by atoms with Gasteiger partial charge in [-0.05, 0) is 24.0 Å². The largest absolute Gasteiger partial charge is 0.378 e. The molecule has 1 aliphatic carbocycles. The summed E-state index contributed by atoms with van der Waals surface area (Å²) < 4.78 is 5.44. The van der Waals surface area contributed by atoms with E-state index >= 15 is 0 Å². The summed E-state index contributed by atoms with van der Waals surface area (Å²) in [6.07, 6.45) is 1.38. The summed E-state index contributed by atoms with van der Waals surface area (Å²) >= 11 is 1.42. The summed E-state index contributed by atoms with van der Waals surface area (Å²) in [5, 5.41) is 10.8. The summed E-state index contributed by atoms with van der Waals surface area (Å²) in [5.74, 6) is 0.154. The van der Waals surface area contributed by atoms with Crippen molar-refractivity contribution in [3.05, 3.63) is 45.0 Å². The number of morpholine rings is 1. The summed E-state index contributed by atoms with van der Waals surface area (Å²) in [6, 6.07) is 6.38. The molecule has 134 valence electrons. The Kier molecular flexibility index (Phi) is 5.15. The second kappa shape index (κ2) is 7.17. The third-order valence-electron chi connectivity index (χ3n) is 4.46. The van der Waals surface area contributed by atoms with E-state index in [1.54, 1.807) is 12.1 Å². The highest BCUT2D eigenvalue weighted by molar-refractivity contribution is 8.04. The lowest BCUT2D eigenvalue weighted by Gasteiger charge is -2.39. The smallest absolute Gasteiger partial charge is 0.269 e. The molecule has 1 fully saturated rings. The van der Waals surface area contributed by atoms with Crippen molar-refractivity contribution in [3.63, 3.8) is 0 Å². The third-order valence-corrected chi connectivity index (χ3v) is 5.64. The standard InChI is InChI=1S/C18H22N2O4S/c1-18(2)11-15(19-7-9-24-10-8-19)17(16(21)12-18)25-14-5-3-13(4-6-14)20(22)23/h3-6H,7-12H2,1-2H3. The minimum Gasteiger partial charge on any atom is -0.378 e. The van der Waals surface area contributed by atoms with Gasteiger partial charge in [0.25, 0.3) is 5.69 Å². The van der Waals surface area contributed by atoms with Crippen LogP contribution < -0.4 is 0 Å². The number of hydrogen-bond acceptors (Lipinski definition) is 6. The second-order valence-corrected chi connectivity index (χ2v) is 8.25. The molecule has 7 heteroatoms. The Labute approximate surface area is 151 Å². The minimum atomic E-state index is -0.416. The van der Waals surface area contributed by atoms with Crippen LogP contribution in [-0.2, 0) is 9.53 Å². The number of hydrogen-bond donors (Lipinski definition) is 0. The molecule has 0 spiro atoms. The topological polar surface area (TPSA) is 72.7 Å². The quantitative estimate of drug-likeness (QED) is 0.602. The van der Waals surface area contributed by atoms with E-state index in [2.05, 4.69) is 18.7 Å². The van der Waals surface area contributed by atoms with E-state index in [1.165, 1.54) is 23.9 Å². The highest BCUT2D eigenvalue weighted by Gasteiger charge is 2.36. The molecule has 25 heavy (non-hydrogen) atoms. The molecule has 3 rings (SSSR count). The number of ketones is 1. The number of nitrogens with zero attached hydrogens (tertiary/aromatic N) is 2. The van der Waals surface area contributed by atoms with Gasteiger partial charge in [0, 0.05) is 42.2 Å². The Morgan fingerprint density at radius 1 is 1.16 bits per heavy atom. The molecule has 0 atom stereocenters. The van der Waals surface area contributed by atoms with Crippen LogP contribution >= 0.6 is 11.8 Å². The molecule has 2 aliphatic rings. The third kappa shape index (κ3) is 4.22. The molecule has 0 N–H and O–H groups in total. The van der Waals surface area contributed by atoms with Gasteiger partial charge < -0.3 is 9.64 Å². The first-order valence-electron chi connectivity index (χ1n) is 8.37. The van der Waals surface area contributed by atoms with Crippen LogP contribution in [-0.4, -0.2) is 41.9 Å². The molecule has 1 aliphatic heterocycles. The van der Waals surface area contributed by atoms with Gasteiger partial charge in [0.15, 0.2) is 5.78 Å². The maximum absolute atomic E-state index is 12.8. The molecule has 1 heterocycles. The number of rotatable bonds is 4. The summed E-state index contributed by atoms with van der Waals surface area (Å²) in [7, 11) is 0. The number of ether oxygens (including phenoxy) is 1. The van der Waals surface area contributed by atoms with E-state index in [0.717, 1.165) is 35.0 Å². The fourth-order valence-corrected chi connectivity index (χ4v) is 4.24. The molecule has 0 bridgehead atoms. The SMILES string of the molecule is CC1(C)CC(=O)C(Sc2ccc([N+](=O)[O-])cc2)=C(N2CCOCC2)C1. The second-order valence-electron chi connectivity index (χ2n) is 7.17. The number of carbonyl (C=O) groups excluding carboxylic acids is 1. The van der Waals surface area contributed by atoms with Crippen molar-refractivity contribution in [2.24, 2.45) is 5.41 Å². The van der Waals surface area contributed by atoms with Crippen molar-refractivity contribution < 1.29 is 14.5 Å². The van der Waals surface area contributed by atoms with E-state index in [-0.39, 0.29) is 16.9 Å². The predicted molar refractivity (Wildman–Crippen MR) is 96.4 cm³/mol. The Morgan fingerprint density at radius 3 is 2.40 bits per heavy atom. The first kappa shape index (κ1) is 17.9. The maximum atomic E-state index is 12.8. The Hall–Kier alpha value is -1.86. The highest BCUT2D eigenvalue weighted by atomic mass is 32.2. The Balaban J connectivity index is 1.91. The highest BCUT2D eigenvalue weighted by Crippen LogP contribution is 2.44. The zero-order chi connectivity index (χ0) is 18.0. The van der Waals surface area contributed by atoms with Gasteiger partial charge in [0.05, 0.1) is 23.0 Å². The summed E-state index contributed by atoms with van der Waals surface area (Å²) in [4.78, 5) is 27.1. The number of thioether (sulfide) groups is 1. The number of nitro benzene ring substituents is 1. The first-order chi connectivity index (χ1) is 11.9. The average Bonchev–Trinajstić information content (AvgIpc) is 2.58. The number of Topliss-reactive ketones (excluding diaryl/α,β-unsaturated/α-hetero) is 1. The summed E-state index contributed by atoms with van der Waals surface area (Å²) in [5.41, 5.74) is 1.10. The lowest BCUT2D eigenvalue weighted by atomic mass is 9.78. The Bertz CT molecular complexity index is 706. The molecule has 0 saturated carbocycles. The van der Waals surface area contributed by atoms with E-state index in [4.69, 9.17) is 4.74 Å². The molecule has 0 aromatic heterocycles. The molecule has 1 aromatic carbocycles. The lowest BCUT2D eigenvalue weighted by molar-refractivity contribution is -0.384. The number of allylic oxidation sites excluding steroid dienone is 2. The van der Waals surface area contributed by atoms with Crippen LogP contribution in [0.1, 0.15) is 26.7 Å². The van der Waals surface area contributed by atoms with Gasteiger partial charge in [-0.25, -0.2) is 0 Å². The van der Waals surface area contributed by atoms with Crippen LogP contribution in [0.3, 0.4) is 0 Å². The Morgan fingerprint density at radius 2 is 1.80 bits per heavy atom. The van der Waals surface area contributed by atoms with Gasteiger partial charge in [0.1, 0.15) is 0 Å².